The average Bonchev–Trinajstić information content (AvgIpc) is 2.44. The standard InChI is InChI=1S/C15H10O6/c1-5-2-3-6-9(11(5)17)13(19)7-4-8(16)14(20)15(21)10(7)12(6)18/h2-4,16-17,20-21H,1H3. The molecule has 0 bridgehead atoms. The predicted molar refractivity (Wildman–Crippen MR) is 71.1 cm³/mol. The molecule has 0 aromatic heterocycles. The molecule has 1 aliphatic carbocycles. The molecule has 0 fully saturated rings. The van der Waals surface area contributed by atoms with Crippen molar-refractivity contribution in [2.75, 3.05) is 0 Å². The smallest absolute Gasteiger partial charge is 0.201 e. The molecular formula is C15H10O6. The minimum Gasteiger partial charge on any atom is -0.507 e. The van der Waals surface area contributed by atoms with E-state index in [1.54, 1.807) is 6.92 Å². The normalized spacial score (nSPS) is 13.0. The Kier molecular flexibility index (Phi) is 2.47. The maximum absolute atomic E-state index is 12.4. The molecule has 0 aliphatic heterocycles. The van der Waals surface area contributed by atoms with Crippen LogP contribution in [-0.2, 0) is 0 Å². The molecule has 1 aliphatic rings. The Hall–Kier alpha value is -3.02. The van der Waals surface area contributed by atoms with E-state index in [1.165, 1.54) is 12.1 Å². The summed E-state index contributed by atoms with van der Waals surface area (Å²) in [5.41, 5.74) is -0.453. The summed E-state index contributed by atoms with van der Waals surface area (Å²) in [5.74, 6) is -4.16. The third-order valence-corrected chi connectivity index (χ3v) is 3.58. The molecule has 2 aromatic carbocycles. The fourth-order valence-electron chi connectivity index (χ4n) is 2.44. The molecule has 0 unspecified atom stereocenters. The van der Waals surface area contributed by atoms with Gasteiger partial charge in [-0.1, -0.05) is 6.07 Å². The van der Waals surface area contributed by atoms with Crippen LogP contribution < -0.4 is 0 Å². The Labute approximate surface area is 118 Å². The van der Waals surface area contributed by atoms with Crippen molar-refractivity contribution in [1.82, 2.24) is 0 Å². The van der Waals surface area contributed by atoms with E-state index in [0.29, 0.717) is 5.56 Å². The van der Waals surface area contributed by atoms with E-state index in [4.69, 9.17) is 0 Å². The van der Waals surface area contributed by atoms with Crippen molar-refractivity contribution < 1.29 is 30.0 Å². The van der Waals surface area contributed by atoms with E-state index in [2.05, 4.69) is 0 Å². The molecule has 6 heteroatoms. The van der Waals surface area contributed by atoms with Gasteiger partial charge in [-0.15, -0.1) is 0 Å². The highest BCUT2D eigenvalue weighted by Crippen LogP contribution is 2.45. The maximum Gasteiger partial charge on any atom is 0.201 e. The van der Waals surface area contributed by atoms with Crippen LogP contribution >= 0.6 is 0 Å². The summed E-state index contributed by atoms with van der Waals surface area (Å²) in [6, 6.07) is 3.74. The number of ketones is 2. The van der Waals surface area contributed by atoms with Gasteiger partial charge in [0.25, 0.3) is 0 Å². The van der Waals surface area contributed by atoms with Gasteiger partial charge in [0.05, 0.1) is 11.1 Å². The monoisotopic (exact) mass is 286 g/mol. The number of rotatable bonds is 0. The molecule has 0 radical (unpaired) electrons. The van der Waals surface area contributed by atoms with Crippen LogP contribution in [0.2, 0.25) is 0 Å². The van der Waals surface area contributed by atoms with Crippen molar-refractivity contribution in [1.29, 1.82) is 0 Å². The van der Waals surface area contributed by atoms with Crippen LogP contribution in [0, 0.1) is 6.92 Å². The number of benzene rings is 2. The van der Waals surface area contributed by atoms with Crippen molar-refractivity contribution in [2.45, 2.75) is 6.92 Å². The Morgan fingerprint density at radius 2 is 1.33 bits per heavy atom. The predicted octanol–water partition coefficient (Wildman–Crippen LogP) is 1.59. The molecule has 2 aromatic rings. The summed E-state index contributed by atoms with van der Waals surface area (Å²) in [6.45, 7) is 1.58. The molecule has 0 saturated carbocycles. The first-order valence-corrected chi connectivity index (χ1v) is 6.04. The van der Waals surface area contributed by atoms with Crippen LogP contribution in [0.25, 0.3) is 0 Å². The van der Waals surface area contributed by atoms with Crippen LogP contribution in [0.15, 0.2) is 18.2 Å². The summed E-state index contributed by atoms with van der Waals surface area (Å²) in [5, 5.41) is 38.8. The van der Waals surface area contributed by atoms with Gasteiger partial charge in [-0.25, -0.2) is 0 Å². The molecule has 0 spiro atoms. The van der Waals surface area contributed by atoms with E-state index in [1.807, 2.05) is 0 Å². The number of carbonyl (C=O) groups is 2. The number of fused-ring (bicyclic) bond motifs is 2. The van der Waals surface area contributed by atoms with Crippen molar-refractivity contribution in [2.24, 2.45) is 0 Å². The number of hydrogen-bond donors (Lipinski definition) is 4. The van der Waals surface area contributed by atoms with Gasteiger partial charge in [0, 0.05) is 11.1 Å². The Bertz CT molecular complexity index is 835. The summed E-state index contributed by atoms with van der Waals surface area (Å²) in [4.78, 5) is 24.8. The highest BCUT2D eigenvalue weighted by Gasteiger charge is 2.36. The van der Waals surface area contributed by atoms with Crippen LogP contribution in [0.5, 0.6) is 23.0 Å². The molecular weight excluding hydrogens is 276 g/mol. The first-order valence-electron chi connectivity index (χ1n) is 6.04. The largest absolute Gasteiger partial charge is 0.507 e. The van der Waals surface area contributed by atoms with Crippen molar-refractivity contribution >= 4 is 11.6 Å². The number of phenolic OH excluding ortho intramolecular Hbond substituents is 4. The van der Waals surface area contributed by atoms with E-state index >= 15 is 0 Å². The number of hydrogen-bond acceptors (Lipinski definition) is 6. The van der Waals surface area contributed by atoms with Gasteiger partial charge < -0.3 is 20.4 Å². The number of aryl methyl sites for hydroxylation is 1. The zero-order valence-corrected chi connectivity index (χ0v) is 10.8. The van der Waals surface area contributed by atoms with Gasteiger partial charge in [0.15, 0.2) is 23.1 Å². The van der Waals surface area contributed by atoms with E-state index < -0.39 is 28.8 Å². The number of aromatic hydroxyl groups is 4. The lowest BCUT2D eigenvalue weighted by molar-refractivity contribution is 0.0973. The highest BCUT2D eigenvalue weighted by molar-refractivity contribution is 6.30. The SMILES string of the molecule is Cc1ccc2c(c1O)C(=O)c1cc(O)c(O)c(O)c1C2=O. The minimum atomic E-state index is -0.866. The highest BCUT2D eigenvalue weighted by atomic mass is 16.3. The molecule has 106 valence electrons. The van der Waals surface area contributed by atoms with Gasteiger partial charge in [0.2, 0.25) is 5.75 Å². The third kappa shape index (κ3) is 1.53. The van der Waals surface area contributed by atoms with Crippen molar-refractivity contribution in [3.63, 3.8) is 0 Å². The van der Waals surface area contributed by atoms with Gasteiger partial charge in [0.1, 0.15) is 5.75 Å². The number of carbonyl (C=O) groups excluding carboxylic acids is 2. The van der Waals surface area contributed by atoms with Crippen LogP contribution in [-0.4, -0.2) is 32.0 Å². The topological polar surface area (TPSA) is 115 Å². The zero-order valence-electron chi connectivity index (χ0n) is 10.8. The first-order chi connectivity index (χ1) is 9.84. The van der Waals surface area contributed by atoms with Crippen molar-refractivity contribution in [3.8, 4) is 23.0 Å². The van der Waals surface area contributed by atoms with Gasteiger partial charge in [-0.2, -0.15) is 0 Å². The Balaban J connectivity index is 2.41. The second-order valence-corrected chi connectivity index (χ2v) is 4.83. The molecule has 6 nitrogen and oxygen atoms in total. The van der Waals surface area contributed by atoms with Crippen LogP contribution in [0.3, 0.4) is 0 Å². The molecule has 0 atom stereocenters. The van der Waals surface area contributed by atoms with Crippen LogP contribution in [0.1, 0.15) is 37.4 Å². The molecule has 4 N–H and O–H groups in total. The summed E-state index contributed by atoms with van der Waals surface area (Å²) in [6.07, 6.45) is 0. The lowest BCUT2D eigenvalue weighted by atomic mass is 9.82. The second-order valence-electron chi connectivity index (χ2n) is 4.83. The minimum absolute atomic E-state index is 0.0593. The molecule has 0 heterocycles. The first kappa shape index (κ1) is 13.0. The van der Waals surface area contributed by atoms with E-state index in [9.17, 15) is 30.0 Å². The lowest BCUT2D eigenvalue weighted by Crippen LogP contribution is -2.21. The molecule has 0 amide bonds. The van der Waals surface area contributed by atoms with Crippen LogP contribution in [0.4, 0.5) is 0 Å². The van der Waals surface area contributed by atoms with E-state index in [-0.39, 0.29) is 28.0 Å². The summed E-state index contributed by atoms with van der Waals surface area (Å²) in [7, 11) is 0. The fourth-order valence-corrected chi connectivity index (χ4v) is 2.44. The molecule has 21 heavy (non-hydrogen) atoms. The van der Waals surface area contributed by atoms with Gasteiger partial charge >= 0.3 is 0 Å². The zero-order chi connectivity index (χ0) is 15.5. The molecule has 0 saturated heterocycles. The van der Waals surface area contributed by atoms with E-state index in [0.717, 1.165) is 6.07 Å². The fraction of sp³-hybridized carbons (Fsp3) is 0.0667. The maximum atomic E-state index is 12.4. The lowest BCUT2D eigenvalue weighted by Gasteiger charge is -2.20. The van der Waals surface area contributed by atoms with Gasteiger partial charge in [-0.3, -0.25) is 9.59 Å². The third-order valence-electron chi connectivity index (χ3n) is 3.58. The second kappa shape index (κ2) is 3.99. The Morgan fingerprint density at radius 3 is 2.00 bits per heavy atom. The molecule has 3 rings (SSSR count). The number of phenols is 4. The Morgan fingerprint density at radius 1 is 0.762 bits per heavy atom. The average molecular weight is 286 g/mol. The quantitative estimate of drug-likeness (QED) is 0.466. The summed E-state index contributed by atoms with van der Waals surface area (Å²) < 4.78 is 0. The summed E-state index contributed by atoms with van der Waals surface area (Å²) >= 11 is 0. The van der Waals surface area contributed by atoms with Crippen molar-refractivity contribution in [3.05, 3.63) is 46.0 Å². The van der Waals surface area contributed by atoms with Gasteiger partial charge in [-0.05, 0) is 24.6 Å².